The predicted molar refractivity (Wildman–Crippen MR) is 113 cm³/mol. The minimum atomic E-state index is 0.0792. The van der Waals surface area contributed by atoms with Crippen LogP contribution in [-0.2, 0) is 9.53 Å². The van der Waals surface area contributed by atoms with Gasteiger partial charge in [-0.05, 0) is 44.6 Å². The smallest absolute Gasteiger partial charge is 0.233 e. The molecule has 1 unspecified atom stereocenters. The van der Waals surface area contributed by atoms with Crippen LogP contribution in [0.1, 0.15) is 49.3 Å². The monoisotopic (exact) mass is 385 g/mol. The van der Waals surface area contributed by atoms with Crippen molar-refractivity contribution >= 4 is 5.91 Å². The zero-order chi connectivity index (χ0) is 19.6. The van der Waals surface area contributed by atoms with Gasteiger partial charge in [0.25, 0.3) is 0 Å². The van der Waals surface area contributed by atoms with Crippen LogP contribution in [0.25, 0.3) is 0 Å². The highest BCUT2D eigenvalue weighted by Gasteiger charge is 2.19. The normalized spacial score (nSPS) is 19.1. The highest BCUT2D eigenvalue weighted by Crippen LogP contribution is 2.19. The third kappa shape index (κ3) is 7.04. The van der Waals surface area contributed by atoms with E-state index in [0.29, 0.717) is 6.54 Å². The molecule has 2 N–H and O–H groups in total. The molecule has 1 aromatic carbocycles. The first-order chi connectivity index (χ1) is 13.7. The Morgan fingerprint density at radius 3 is 2.68 bits per heavy atom. The van der Waals surface area contributed by atoms with E-state index in [0.717, 1.165) is 45.8 Å². The van der Waals surface area contributed by atoms with Crippen molar-refractivity contribution in [3.63, 3.8) is 0 Å². The number of rotatable bonds is 9. The topological polar surface area (TPSA) is 53.6 Å². The summed E-state index contributed by atoms with van der Waals surface area (Å²) >= 11 is 0. The van der Waals surface area contributed by atoms with Crippen LogP contribution in [0.3, 0.4) is 0 Å². The van der Waals surface area contributed by atoms with Crippen molar-refractivity contribution < 1.29 is 9.53 Å². The van der Waals surface area contributed by atoms with E-state index in [1.807, 2.05) is 0 Å². The van der Waals surface area contributed by atoms with Gasteiger partial charge in [-0.15, -0.1) is 0 Å². The quantitative estimate of drug-likeness (QED) is 0.642. The Labute approximate surface area is 169 Å². The van der Waals surface area contributed by atoms with E-state index in [9.17, 15) is 4.79 Å². The highest BCUT2D eigenvalue weighted by atomic mass is 16.5. The molecule has 0 bridgehead atoms. The van der Waals surface area contributed by atoms with Crippen molar-refractivity contribution in [1.82, 2.24) is 15.5 Å². The summed E-state index contributed by atoms with van der Waals surface area (Å²) in [5, 5.41) is 6.56. The van der Waals surface area contributed by atoms with Gasteiger partial charge >= 0.3 is 0 Å². The van der Waals surface area contributed by atoms with Gasteiger partial charge in [-0.25, -0.2) is 0 Å². The summed E-state index contributed by atoms with van der Waals surface area (Å²) in [5.74, 6) is 0.0792. The van der Waals surface area contributed by atoms with Crippen molar-refractivity contribution in [3.05, 3.63) is 47.0 Å². The van der Waals surface area contributed by atoms with Crippen molar-refractivity contribution in [3.8, 4) is 0 Å². The van der Waals surface area contributed by atoms with Crippen molar-refractivity contribution in [2.24, 2.45) is 0 Å². The molecule has 5 heteroatoms. The first kappa shape index (κ1) is 21.0. The molecule has 0 radical (unpaired) electrons. The van der Waals surface area contributed by atoms with Crippen molar-refractivity contribution in [2.45, 2.75) is 45.1 Å². The van der Waals surface area contributed by atoms with E-state index in [1.165, 1.54) is 42.4 Å². The molecule has 1 heterocycles. The average molecular weight is 386 g/mol. The lowest BCUT2D eigenvalue weighted by Crippen LogP contribution is -2.44. The number of hydrogen-bond acceptors (Lipinski definition) is 4. The zero-order valence-electron chi connectivity index (χ0n) is 17.2. The summed E-state index contributed by atoms with van der Waals surface area (Å²) in [5.41, 5.74) is 3.99. The number of nitrogens with zero attached hydrogens (tertiary/aromatic N) is 1. The molecule has 1 aliphatic heterocycles. The lowest BCUT2D eigenvalue weighted by molar-refractivity contribution is -0.120. The van der Waals surface area contributed by atoms with Gasteiger partial charge in [0.1, 0.15) is 0 Å². The summed E-state index contributed by atoms with van der Waals surface area (Å²) in [6.07, 6.45) is 8.34. The molecule has 1 atom stereocenters. The molecule has 0 aromatic heterocycles. The van der Waals surface area contributed by atoms with Gasteiger partial charge < -0.3 is 15.4 Å². The number of allylic oxidation sites excluding steroid dienone is 1. The van der Waals surface area contributed by atoms with E-state index in [2.05, 4.69) is 52.8 Å². The number of aryl methyl sites for hydroxylation is 1. The van der Waals surface area contributed by atoms with Crippen molar-refractivity contribution in [2.75, 3.05) is 45.9 Å². The fourth-order valence-electron chi connectivity index (χ4n) is 3.90. The van der Waals surface area contributed by atoms with Crippen LogP contribution in [0.4, 0.5) is 0 Å². The van der Waals surface area contributed by atoms with Crippen LogP contribution in [0.5, 0.6) is 0 Å². The number of amides is 1. The Balaban J connectivity index is 1.47. The second-order valence-corrected chi connectivity index (χ2v) is 7.97. The Kier molecular flexibility index (Phi) is 8.52. The summed E-state index contributed by atoms with van der Waals surface area (Å²) in [4.78, 5) is 14.8. The Hall–Kier alpha value is -1.69. The minimum Gasteiger partial charge on any atom is -0.379 e. The number of carbonyl (C=O) groups excluding carboxylic acids is 1. The lowest BCUT2D eigenvalue weighted by atomic mass is 9.97. The molecule has 28 heavy (non-hydrogen) atoms. The van der Waals surface area contributed by atoms with Crippen LogP contribution in [-0.4, -0.2) is 56.7 Å². The van der Waals surface area contributed by atoms with E-state index < -0.39 is 0 Å². The van der Waals surface area contributed by atoms with Gasteiger partial charge in [-0.2, -0.15) is 0 Å². The predicted octanol–water partition coefficient (Wildman–Crippen LogP) is 2.96. The van der Waals surface area contributed by atoms with Crippen LogP contribution < -0.4 is 10.6 Å². The zero-order valence-corrected chi connectivity index (χ0v) is 17.2. The number of ether oxygens (including phenoxy) is 1. The van der Waals surface area contributed by atoms with Gasteiger partial charge in [-0.3, -0.25) is 9.69 Å². The maximum absolute atomic E-state index is 12.3. The van der Waals surface area contributed by atoms with Crippen molar-refractivity contribution in [1.29, 1.82) is 0 Å². The van der Waals surface area contributed by atoms with Crippen LogP contribution >= 0.6 is 0 Å². The molecule has 0 spiro atoms. The molecule has 0 saturated carbocycles. The van der Waals surface area contributed by atoms with Gasteiger partial charge in [0.05, 0.1) is 19.8 Å². The second kappa shape index (κ2) is 11.3. The lowest BCUT2D eigenvalue weighted by Gasteiger charge is -2.31. The van der Waals surface area contributed by atoms with Gasteiger partial charge in [0.15, 0.2) is 0 Å². The second-order valence-electron chi connectivity index (χ2n) is 7.97. The van der Waals surface area contributed by atoms with Gasteiger partial charge in [-0.1, -0.05) is 41.5 Å². The fourth-order valence-corrected chi connectivity index (χ4v) is 3.90. The third-order valence-corrected chi connectivity index (χ3v) is 5.69. The fraction of sp³-hybridized carbons (Fsp3) is 0.609. The summed E-state index contributed by atoms with van der Waals surface area (Å²) in [6, 6.07) is 8.76. The van der Waals surface area contributed by atoms with E-state index in [4.69, 9.17) is 4.74 Å². The largest absolute Gasteiger partial charge is 0.379 e. The third-order valence-electron chi connectivity index (χ3n) is 5.69. The number of morpholine rings is 1. The van der Waals surface area contributed by atoms with E-state index in [-0.39, 0.29) is 11.9 Å². The molecule has 1 amide bonds. The van der Waals surface area contributed by atoms with E-state index >= 15 is 0 Å². The Morgan fingerprint density at radius 2 is 1.96 bits per heavy atom. The highest BCUT2D eigenvalue weighted by molar-refractivity contribution is 5.78. The number of benzene rings is 1. The molecule has 5 nitrogen and oxygen atoms in total. The van der Waals surface area contributed by atoms with Gasteiger partial charge in [0, 0.05) is 32.2 Å². The SMILES string of the molecule is Cc1ccc(C(CN2CCOCC2)NCC(=O)NCCC2=CCCCC2)cc1. The Morgan fingerprint density at radius 1 is 1.18 bits per heavy atom. The standard InChI is InChI=1S/C23H35N3O2/c1-19-7-9-21(10-8-19)22(18-26-13-15-28-16-14-26)25-17-23(27)24-12-11-20-5-3-2-4-6-20/h5,7-10,22,25H,2-4,6,11-18H2,1H3,(H,24,27). The first-order valence-electron chi connectivity index (χ1n) is 10.8. The molecule has 1 aliphatic carbocycles. The molecule has 1 fully saturated rings. The summed E-state index contributed by atoms with van der Waals surface area (Å²) in [6.45, 7) is 7.56. The maximum atomic E-state index is 12.3. The Bertz CT molecular complexity index is 636. The minimum absolute atomic E-state index is 0.0792. The molecular weight excluding hydrogens is 350 g/mol. The molecule has 154 valence electrons. The summed E-state index contributed by atoms with van der Waals surface area (Å²) in [7, 11) is 0. The summed E-state index contributed by atoms with van der Waals surface area (Å²) < 4.78 is 5.46. The average Bonchev–Trinajstić information content (AvgIpc) is 2.73. The number of carbonyl (C=O) groups is 1. The van der Waals surface area contributed by atoms with Crippen LogP contribution in [0.15, 0.2) is 35.9 Å². The molecule has 2 aliphatic rings. The molecule has 1 saturated heterocycles. The van der Waals surface area contributed by atoms with Gasteiger partial charge in [0.2, 0.25) is 5.91 Å². The van der Waals surface area contributed by atoms with Crippen LogP contribution in [0, 0.1) is 6.92 Å². The number of hydrogen-bond donors (Lipinski definition) is 2. The number of nitrogens with one attached hydrogen (secondary N) is 2. The molecule has 1 aromatic rings. The van der Waals surface area contributed by atoms with E-state index in [1.54, 1.807) is 0 Å². The van der Waals surface area contributed by atoms with Crippen LogP contribution in [0.2, 0.25) is 0 Å². The molecule has 3 rings (SSSR count). The first-order valence-corrected chi connectivity index (χ1v) is 10.8. The maximum Gasteiger partial charge on any atom is 0.233 e. The molecular formula is C23H35N3O2.